The summed E-state index contributed by atoms with van der Waals surface area (Å²) < 4.78 is 17.3. The third-order valence-electron chi connectivity index (χ3n) is 4.60. The molecule has 2 rings (SSSR count). The molecule has 23 heavy (non-hydrogen) atoms. The standard InChI is InChI=1S/C18H36N2O3/c1-15(2)21-11-9-19-5-7-20(8-6-19)10-12-22-17-13-18(14-17)23-16(3)4/h15-18H,5-14H2,1-4H3/t17-,18-. The molecule has 1 saturated carbocycles. The SMILES string of the molecule is CC(C)OCCN1CCN(CCO[C@H]2C[C@H](OC(C)C)C2)CC1. The average molecular weight is 328 g/mol. The zero-order valence-electron chi connectivity index (χ0n) is 15.5. The van der Waals surface area contributed by atoms with Gasteiger partial charge in [0.1, 0.15) is 0 Å². The van der Waals surface area contributed by atoms with Crippen LogP contribution in [-0.2, 0) is 14.2 Å². The molecule has 1 heterocycles. The molecule has 0 amide bonds. The van der Waals surface area contributed by atoms with Crippen LogP contribution in [-0.4, -0.2) is 86.7 Å². The maximum Gasteiger partial charge on any atom is 0.0628 e. The van der Waals surface area contributed by atoms with Gasteiger partial charge in [0.15, 0.2) is 0 Å². The van der Waals surface area contributed by atoms with Gasteiger partial charge in [-0.2, -0.15) is 0 Å². The summed E-state index contributed by atoms with van der Waals surface area (Å²) >= 11 is 0. The first-order valence-corrected chi connectivity index (χ1v) is 9.36. The number of nitrogens with zero attached hydrogens (tertiary/aromatic N) is 2. The molecule has 0 radical (unpaired) electrons. The van der Waals surface area contributed by atoms with Gasteiger partial charge < -0.3 is 14.2 Å². The Morgan fingerprint density at radius 2 is 1.35 bits per heavy atom. The lowest BCUT2D eigenvalue weighted by atomic mass is 9.92. The van der Waals surface area contributed by atoms with Crippen LogP contribution in [0.25, 0.3) is 0 Å². The predicted molar refractivity (Wildman–Crippen MR) is 93.0 cm³/mol. The summed E-state index contributed by atoms with van der Waals surface area (Å²) in [6.45, 7) is 16.8. The van der Waals surface area contributed by atoms with Crippen molar-refractivity contribution >= 4 is 0 Å². The van der Waals surface area contributed by atoms with E-state index in [1.54, 1.807) is 0 Å². The van der Waals surface area contributed by atoms with E-state index in [4.69, 9.17) is 14.2 Å². The first-order chi connectivity index (χ1) is 11.0. The molecule has 1 aliphatic carbocycles. The Labute approximate surface area is 142 Å². The fourth-order valence-electron chi connectivity index (χ4n) is 3.15. The molecule has 2 aliphatic rings. The van der Waals surface area contributed by atoms with Gasteiger partial charge in [0.2, 0.25) is 0 Å². The van der Waals surface area contributed by atoms with E-state index in [0.717, 1.165) is 65.3 Å². The molecule has 5 nitrogen and oxygen atoms in total. The van der Waals surface area contributed by atoms with Gasteiger partial charge in [-0.05, 0) is 40.5 Å². The molecule has 2 fully saturated rings. The number of ether oxygens (including phenoxy) is 3. The number of piperazine rings is 1. The van der Waals surface area contributed by atoms with Crippen LogP contribution in [0.4, 0.5) is 0 Å². The molecule has 1 aliphatic heterocycles. The molecule has 136 valence electrons. The summed E-state index contributed by atoms with van der Waals surface area (Å²) in [7, 11) is 0. The van der Waals surface area contributed by atoms with E-state index in [1.165, 1.54) is 0 Å². The second-order valence-corrected chi connectivity index (χ2v) is 7.37. The van der Waals surface area contributed by atoms with Crippen LogP contribution in [0.5, 0.6) is 0 Å². The Hall–Kier alpha value is -0.200. The van der Waals surface area contributed by atoms with Gasteiger partial charge in [-0.3, -0.25) is 9.80 Å². The molecule has 0 atom stereocenters. The lowest BCUT2D eigenvalue weighted by Crippen LogP contribution is -2.48. The molecular formula is C18H36N2O3. The highest BCUT2D eigenvalue weighted by Gasteiger charge is 2.31. The van der Waals surface area contributed by atoms with Crippen LogP contribution in [0.1, 0.15) is 40.5 Å². The molecule has 0 aromatic rings. The van der Waals surface area contributed by atoms with E-state index < -0.39 is 0 Å². The van der Waals surface area contributed by atoms with Crippen LogP contribution >= 0.6 is 0 Å². The van der Waals surface area contributed by atoms with Crippen LogP contribution in [0, 0.1) is 0 Å². The van der Waals surface area contributed by atoms with Crippen LogP contribution in [0.15, 0.2) is 0 Å². The quantitative estimate of drug-likeness (QED) is 0.613. The van der Waals surface area contributed by atoms with Crippen molar-refractivity contribution in [3.63, 3.8) is 0 Å². The Morgan fingerprint density at radius 3 is 1.87 bits per heavy atom. The Morgan fingerprint density at radius 1 is 0.783 bits per heavy atom. The fraction of sp³-hybridized carbons (Fsp3) is 1.00. The Balaban J connectivity index is 1.45. The maximum absolute atomic E-state index is 5.96. The fourth-order valence-corrected chi connectivity index (χ4v) is 3.15. The number of hydrogen-bond donors (Lipinski definition) is 0. The first-order valence-electron chi connectivity index (χ1n) is 9.36. The molecule has 1 saturated heterocycles. The molecule has 0 bridgehead atoms. The third kappa shape index (κ3) is 7.48. The van der Waals surface area contributed by atoms with Gasteiger partial charge in [-0.15, -0.1) is 0 Å². The smallest absolute Gasteiger partial charge is 0.0628 e. The van der Waals surface area contributed by atoms with E-state index in [0.29, 0.717) is 24.4 Å². The van der Waals surface area contributed by atoms with Crippen molar-refractivity contribution < 1.29 is 14.2 Å². The molecule has 5 heteroatoms. The minimum atomic E-state index is 0.336. The van der Waals surface area contributed by atoms with Gasteiger partial charge >= 0.3 is 0 Å². The number of rotatable bonds is 10. The van der Waals surface area contributed by atoms with Crippen LogP contribution < -0.4 is 0 Å². The topological polar surface area (TPSA) is 34.2 Å². The molecular weight excluding hydrogens is 292 g/mol. The second kappa shape index (κ2) is 9.94. The minimum Gasteiger partial charge on any atom is -0.377 e. The van der Waals surface area contributed by atoms with Gasteiger partial charge in [0.05, 0.1) is 37.6 Å². The van der Waals surface area contributed by atoms with Crippen LogP contribution in [0.2, 0.25) is 0 Å². The average Bonchev–Trinajstić information content (AvgIpc) is 2.45. The Bertz CT molecular complexity index is 311. The number of hydrogen-bond acceptors (Lipinski definition) is 5. The molecule has 0 aromatic heterocycles. The van der Waals surface area contributed by atoms with E-state index in [9.17, 15) is 0 Å². The van der Waals surface area contributed by atoms with Crippen molar-refractivity contribution in [2.75, 3.05) is 52.5 Å². The maximum atomic E-state index is 5.96. The lowest BCUT2D eigenvalue weighted by Gasteiger charge is -2.37. The van der Waals surface area contributed by atoms with Crippen molar-refractivity contribution in [2.45, 2.75) is 65.0 Å². The van der Waals surface area contributed by atoms with Gasteiger partial charge in [0, 0.05) is 39.3 Å². The molecule has 0 N–H and O–H groups in total. The molecule has 0 unspecified atom stereocenters. The monoisotopic (exact) mass is 328 g/mol. The molecule has 0 aromatic carbocycles. The highest BCUT2D eigenvalue weighted by molar-refractivity contribution is 4.82. The highest BCUT2D eigenvalue weighted by atomic mass is 16.5. The summed E-state index contributed by atoms with van der Waals surface area (Å²) in [5, 5.41) is 0. The van der Waals surface area contributed by atoms with E-state index in [-0.39, 0.29) is 0 Å². The highest BCUT2D eigenvalue weighted by Crippen LogP contribution is 2.27. The van der Waals surface area contributed by atoms with Crippen LogP contribution in [0.3, 0.4) is 0 Å². The third-order valence-corrected chi connectivity index (χ3v) is 4.60. The van der Waals surface area contributed by atoms with Crippen molar-refractivity contribution in [1.29, 1.82) is 0 Å². The minimum absolute atomic E-state index is 0.336. The van der Waals surface area contributed by atoms with Gasteiger partial charge in [-0.1, -0.05) is 0 Å². The zero-order chi connectivity index (χ0) is 16.7. The largest absolute Gasteiger partial charge is 0.377 e. The summed E-state index contributed by atoms with van der Waals surface area (Å²) in [6.07, 6.45) is 3.67. The normalized spacial score (nSPS) is 26.9. The zero-order valence-corrected chi connectivity index (χ0v) is 15.5. The predicted octanol–water partition coefficient (Wildman–Crippen LogP) is 2.00. The van der Waals surface area contributed by atoms with Crippen molar-refractivity contribution in [2.24, 2.45) is 0 Å². The van der Waals surface area contributed by atoms with Crippen molar-refractivity contribution in [1.82, 2.24) is 9.80 Å². The van der Waals surface area contributed by atoms with Crippen molar-refractivity contribution in [3.05, 3.63) is 0 Å². The van der Waals surface area contributed by atoms with E-state index in [2.05, 4.69) is 37.5 Å². The van der Waals surface area contributed by atoms with Crippen molar-refractivity contribution in [3.8, 4) is 0 Å². The second-order valence-electron chi connectivity index (χ2n) is 7.37. The van der Waals surface area contributed by atoms with E-state index in [1.807, 2.05) is 0 Å². The summed E-state index contributed by atoms with van der Waals surface area (Å²) in [5.41, 5.74) is 0. The first kappa shape index (κ1) is 19.1. The van der Waals surface area contributed by atoms with Gasteiger partial charge in [-0.25, -0.2) is 0 Å². The lowest BCUT2D eigenvalue weighted by molar-refractivity contribution is -0.120. The summed E-state index contributed by atoms with van der Waals surface area (Å²) in [4.78, 5) is 5.01. The summed E-state index contributed by atoms with van der Waals surface area (Å²) in [5.74, 6) is 0. The Kier molecular flexibility index (Phi) is 8.27. The van der Waals surface area contributed by atoms with E-state index >= 15 is 0 Å². The summed E-state index contributed by atoms with van der Waals surface area (Å²) in [6, 6.07) is 0. The molecule has 0 spiro atoms. The van der Waals surface area contributed by atoms with Gasteiger partial charge in [0.25, 0.3) is 0 Å².